The van der Waals surface area contributed by atoms with Crippen molar-refractivity contribution < 1.29 is 0 Å². The molecule has 120 valence electrons. The van der Waals surface area contributed by atoms with Gasteiger partial charge in [0.2, 0.25) is 4.96 Å². The minimum Gasteiger partial charge on any atom is -0.296 e. The molecular formula is C17H19BrN4S. The van der Waals surface area contributed by atoms with Gasteiger partial charge < -0.3 is 0 Å². The zero-order valence-corrected chi connectivity index (χ0v) is 15.5. The lowest BCUT2D eigenvalue weighted by Crippen LogP contribution is -2.36. The van der Waals surface area contributed by atoms with Crippen molar-refractivity contribution in [3.05, 3.63) is 39.8 Å². The van der Waals surface area contributed by atoms with Gasteiger partial charge in [-0.3, -0.25) is 9.30 Å². The number of halogens is 1. The number of thiazole rings is 1. The Bertz CT molecular complexity index is 808. The fourth-order valence-electron chi connectivity index (χ4n) is 3.21. The number of hydrogen-bond acceptors (Lipinski definition) is 4. The summed E-state index contributed by atoms with van der Waals surface area (Å²) in [5, 5.41) is 8.70. The van der Waals surface area contributed by atoms with E-state index in [2.05, 4.69) is 60.7 Å². The molecule has 0 aliphatic carbocycles. The Hall–Kier alpha value is -1.24. The third-order valence-electron chi connectivity index (χ3n) is 4.56. The van der Waals surface area contributed by atoms with Gasteiger partial charge in [-0.25, -0.2) is 0 Å². The molecule has 4 rings (SSSR count). The summed E-state index contributed by atoms with van der Waals surface area (Å²) in [5.41, 5.74) is 1.09. The Kier molecular flexibility index (Phi) is 4.22. The molecule has 1 unspecified atom stereocenters. The van der Waals surface area contributed by atoms with Crippen molar-refractivity contribution in [1.29, 1.82) is 0 Å². The van der Waals surface area contributed by atoms with Crippen LogP contribution in [0.3, 0.4) is 0 Å². The van der Waals surface area contributed by atoms with Gasteiger partial charge in [0.15, 0.2) is 5.82 Å². The molecule has 0 bridgehead atoms. The first-order valence-corrected chi connectivity index (χ1v) is 9.65. The number of benzene rings is 1. The second-order valence-corrected chi connectivity index (χ2v) is 8.21. The second-order valence-electron chi connectivity index (χ2n) is 6.20. The molecule has 6 heteroatoms. The van der Waals surface area contributed by atoms with E-state index in [0.29, 0.717) is 6.04 Å². The van der Waals surface area contributed by atoms with E-state index in [1.165, 1.54) is 30.7 Å². The van der Waals surface area contributed by atoms with Gasteiger partial charge in [-0.2, -0.15) is 0 Å². The maximum Gasteiger partial charge on any atom is 0.216 e. The SMILES string of the molecule is CC1CCCCN1Cc1cn2c(-c3ccc(Br)cc3)nnc2s1. The summed E-state index contributed by atoms with van der Waals surface area (Å²) in [6.07, 6.45) is 6.20. The number of hydrogen-bond donors (Lipinski definition) is 0. The summed E-state index contributed by atoms with van der Waals surface area (Å²) < 4.78 is 3.20. The van der Waals surface area contributed by atoms with Crippen molar-refractivity contribution in [2.75, 3.05) is 6.54 Å². The first kappa shape index (κ1) is 15.3. The Morgan fingerprint density at radius 1 is 1.22 bits per heavy atom. The lowest BCUT2D eigenvalue weighted by Gasteiger charge is -2.32. The van der Waals surface area contributed by atoms with Crippen LogP contribution in [0.1, 0.15) is 31.1 Å². The average Bonchev–Trinajstić information content (AvgIpc) is 3.11. The molecule has 0 radical (unpaired) electrons. The Labute approximate surface area is 148 Å². The fourth-order valence-corrected chi connectivity index (χ4v) is 4.42. The molecule has 2 aromatic heterocycles. The van der Waals surface area contributed by atoms with Gasteiger partial charge in [0.1, 0.15) is 0 Å². The predicted octanol–water partition coefficient (Wildman–Crippen LogP) is 4.59. The van der Waals surface area contributed by atoms with Crippen LogP contribution in [-0.4, -0.2) is 32.1 Å². The van der Waals surface area contributed by atoms with Crippen LogP contribution in [0.5, 0.6) is 0 Å². The van der Waals surface area contributed by atoms with Crippen LogP contribution in [0.15, 0.2) is 34.9 Å². The summed E-state index contributed by atoms with van der Waals surface area (Å²) >= 11 is 5.23. The Morgan fingerprint density at radius 2 is 2.04 bits per heavy atom. The summed E-state index contributed by atoms with van der Waals surface area (Å²) in [4.78, 5) is 4.92. The minimum atomic E-state index is 0.683. The highest BCUT2D eigenvalue weighted by atomic mass is 79.9. The average molecular weight is 391 g/mol. The first-order valence-electron chi connectivity index (χ1n) is 8.04. The van der Waals surface area contributed by atoms with Crippen LogP contribution >= 0.6 is 27.3 Å². The highest BCUT2D eigenvalue weighted by molar-refractivity contribution is 9.10. The monoisotopic (exact) mass is 390 g/mol. The maximum absolute atomic E-state index is 4.35. The van der Waals surface area contributed by atoms with E-state index in [0.717, 1.165) is 27.4 Å². The second kappa shape index (κ2) is 6.34. The van der Waals surface area contributed by atoms with Crippen LogP contribution in [0, 0.1) is 0 Å². The van der Waals surface area contributed by atoms with E-state index < -0.39 is 0 Å². The summed E-state index contributed by atoms with van der Waals surface area (Å²) in [7, 11) is 0. The number of nitrogens with zero attached hydrogens (tertiary/aromatic N) is 4. The molecule has 0 N–H and O–H groups in total. The Balaban J connectivity index is 1.62. The molecule has 1 aliphatic heterocycles. The van der Waals surface area contributed by atoms with Gasteiger partial charge in [-0.05, 0) is 38.4 Å². The highest BCUT2D eigenvalue weighted by Gasteiger charge is 2.20. The van der Waals surface area contributed by atoms with Crippen molar-refractivity contribution >= 4 is 32.2 Å². The van der Waals surface area contributed by atoms with Crippen molar-refractivity contribution in [3.63, 3.8) is 0 Å². The van der Waals surface area contributed by atoms with Crippen molar-refractivity contribution in [3.8, 4) is 11.4 Å². The number of aromatic nitrogens is 3. The number of likely N-dealkylation sites (tertiary alicyclic amines) is 1. The van der Waals surface area contributed by atoms with Crippen LogP contribution < -0.4 is 0 Å². The van der Waals surface area contributed by atoms with Crippen LogP contribution in [-0.2, 0) is 6.54 Å². The standard InChI is InChI=1S/C17H19BrN4S/c1-12-4-2-3-9-21(12)10-15-11-22-16(19-20-17(22)23-15)13-5-7-14(18)8-6-13/h5-8,11-12H,2-4,9-10H2,1H3. The van der Waals surface area contributed by atoms with Gasteiger partial charge in [0.25, 0.3) is 0 Å². The quantitative estimate of drug-likeness (QED) is 0.655. The summed E-state index contributed by atoms with van der Waals surface area (Å²) in [6, 6.07) is 8.91. The minimum absolute atomic E-state index is 0.683. The van der Waals surface area contributed by atoms with Gasteiger partial charge in [0.05, 0.1) is 0 Å². The van der Waals surface area contributed by atoms with Crippen molar-refractivity contribution in [2.24, 2.45) is 0 Å². The maximum atomic E-state index is 4.35. The third kappa shape index (κ3) is 3.07. The predicted molar refractivity (Wildman–Crippen MR) is 97.7 cm³/mol. The highest BCUT2D eigenvalue weighted by Crippen LogP contribution is 2.27. The Morgan fingerprint density at radius 3 is 2.83 bits per heavy atom. The lowest BCUT2D eigenvalue weighted by molar-refractivity contribution is 0.154. The fraction of sp³-hybridized carbons (Fsp3) is 0.412. The molecule has 1 saturated heterocycles. The van der Waals surface area contributed by atoms with Gasteiger partial charge in [-0.15, -0.1) is 10.2 Å². The molecule has 23 heavy (non-hydrogen) atoms. The summed E-state index contributed by atoms with van der Waals surface area (Å²) in [6.45, 7) is 4.57. The van der Waals surface area contributed by atoms with Gasteiger partial charge >= 0.3 is 0 Å². The van der Waals surface area contributed by atoms with E-state index in [4.69, 9.17) is 0 Å². The molecule has 0 spiro atoms. The van der Waals surface area contributed by atoms with E-state index >= 15 is 0 Å². The topological polar surface area (TPSA) is 33.4 Å². The molecule has 3 aromatic rings. The smallest absolute Gasteiger partial charge is 0.216 e. The zero-order valence-electron chi connectivity index (χ0n) is 13.1. The number of rotatable bonds is 3. The molecule has 1 atom stereocenters. The van der Waals surface area contributed by atoms with Gasteiger partial charge in [-0.1, -0.05) is 45.8 Å². The van der Waals surface area contributed by atoms with E-state index in [1.54, 1.807) is 11.3 Å². The first-order chi connectivity index (χ1) is 11.2. The molecule has 1 aliphatic rings. The molecular weight excluding hydrogens is 372 g/mol. The van der Waals surface area contributed by atoms with Gasteiger partial charge in [0, 0.05) is 33.7 Å². The molecule has 0 saturated carbocycles. The van der Waals surface area contributed by atoms with E-state index in [-0.39, 0.29) is 0 Å². The van der Waals surface area contributed by atoms with Crippen molar-refractivity contribution in [2.45, 2.75) is 38.8 Å². The van der Waals surface area contributed by atoms with Crippen LogP contribution in [0.4, 0.5) is 0 Å². The molecule has 0 amide bonds. The zero-order chi connectivity index (χ0) is 15.8. The normalized spacial score (nSPS) is 19.5. The van der Waals surface area contributed by atoms with Crippen LogP contribution in [0.25, 0.3) is 16.3 Å². The molecule has 3 heterocycles. The van der Waals surface area contributed by atoms with Crippen LogP contribution in [0.2, 0.25) is 0 Å². The van der Waals surface area contributed by atoms with E-state index in [1.807, 2.05) is 12.1 Å². The van der Waals surface area contributed by atoms with Crippen molar-refractivity contribution in [1.82, 2.24) is 19.5 Å². The molecule has 1 aromatic carbocycles. The van der Waals surface area contributed by atoms with E-state index in [9.17, 15) is 0 Å². The third-order valence-corrected chi connectivity index (χ3v) is 6.05. The number of piperidine rings is 1. The lowest BCUT2D eigenvalue weighted by atomic mass is 10.0. The summed E-state index contributed by atoms with van der Waals surface area (Å²) in [5.74, 6) is 0.918. The molecule has 4 nitrogen and oxygen atoms in total. The largest absolute Gasteiger partial charge is 0.296 e. The number of fused-ring (bicyclic) bond motifs is 1. The molecule has 1 fully saturated rings.